The van der Waals surface area contributed by atoms with Gasteiger partial charge in [0.1, 0.15) is 0 Å². The molecule has 10 nitrogen and oxygen atoms in total. The van der Waals surface area contributed by atoms with Crippen molar-refractivity contribution in [1.82, 2.24) is 10.6 Å². The first-order valence-corrected chi connectivity index (χ1v) is 9.06. The lowest BCUT2D eigenvalue weighted by Crippen LogP contribution is -2.44. The molecule has 2 aromatic rings. The fourth-order valence-electron chi connectivity index (χ4n) is 2.38. The van der Waals surface area contributed by atoms with Crippen molar-refractivity contribution in [2.45, 2.75) is 26.5 Å². The average molecular weight is 415 g/mol. The Labute approximate surface area is 172 Å². The molecule has 2 rings (SSSR count). The van der Waals surface area contributed by atoms with Gasteiger partial charge >= 0.3 is 17.7 Å². The van der Waals surface area contributed by atoms with E-state index in [1.54, 1.807) is 6.92 Å². The third kappa shape index (κ3) is 6.30. The predicted molar refractivity (Wildman–Crippen MR) is 106 cm³/mol. The Bertz CT molecular complexity index is 931. The van der Waals surface area contributed by atoms with Crippen molar-refractivity contribution in [3.63, 3.8) is 0 Å². The van der Waals surface area contributed by atoms with Crippen LogP contribution < -0.4 is 15.4 Å². The number of urea groups is 1. The van der Waals surface area contributed by atoms with Crippen molar-refractivity contribution in [1.29, 1.82) is 0 Å². The number of ether oxygens (including phenoxy) is 2. The molecule has 0 aliphatic heterocycles. The maximum Gasteiger partial charge on any atom is 0.339 e. The number of nitrogens with one attached hydrogen (secondary N) is 2. The maximum atomic E-state index is 12.2. The topological polar surface area (TPSA) is 137 Å². The van der Waals surface area contributed by atoms with Crippen LogP contribution in [0.4, 0.5) is 10.5 Å². The number of carbonyl (C=O) groups excluding carboxylic acids is 3. The number of carbonyl (C=O) groups is 3. The number of rotatable bonds is 8. The molecule has 0 heterocycles. The maximum absolute atomic E-state index is 12.2. The van der Waals surface area contributed by atoms with Crippen molar-refractivity contribution in [2.75, 3.05) is 6.61 Å². The first-order chi connectivity index (χ1) is 14.3. The van der Waals surface area contributed by atoms with E-state index in [-0.39, 0.29) is 24.5 Å². The summed E-state index contributed by atoms with van der Waals surface area (Å²) >= 11 is 0. The molecule has 0 saturated carbocycles. The lowest BCUT2D eigenvalue weighted by atomic mass is 10.2. The lowest BCUT2D eigenvalue weighted by Gasteiger charge is -2.14. The van der Waals surface area contributed by atoms with Gasteiger partial charge in [0.2, 0.25) is 0 Å². The molecule has 0 unspecified atom stereocenters. The monoisotopic (exact) mass is 415 g/mol. The molecule has 0 bridgehead atoms. The van der Waals surface area contributed by atoms with Crippen molar-refractivity contribution in [3.8, 4) is 5.75 Å². The van der Waals surface area contributed by atoms with E-state index in [9.17, 15) is 24.5 Å². The molecule has 2 aromatic carbocycles. The highest BCUT2D eigenvalue weighted by Crippen LogP contribution is 2.28. The summed E-state index contributed by atoms with van der Waals surface area (Å²) in [5, 5.41) is 15.7. The number of hydrogen-bond acceptors (Lipinski definition) is 7. The fourth-order valence-corrected chi connectivity index (χ4v) is 2.38. The summed E-state index contributed by atoms with van der Waals surface area (Å²) in [6, 6.07) is 11.9. The van der Waals surface area contributed by atoms with Gasteiger partial charge in [-0.2, -0.15) is 0 Å². The van der Waals surface area contributed by atoms with E-state index in [1.165, 1.54) is 19.1 Å². The molecule has 0 aromatic heterocycles. The number of nitro benzene ring substituents is 1. The molecule has 0 spiro atoms. The number of hydrogen-bond donors (Lipinski definition) is 2. The van der Waals surface area contributed by atoms with Crippen LogP contribution in [0.1, 0.15) is 29.8 Å². The van der Waals surface area contributed by atoms with Crippen LogP contribution in [0.25, 0.3) is 0 Å². The van der Waals surface area contributed by atoms with E-state index in [0.29, 0.717) is 0 Å². The largest absolute Gasteiger partial charge is 0.487 e. The zero-order valence-electron chi connectivity index (χ0n) is 16.4. The van der Waals surface area contributed by atoms with Crippen LogP contribution in [0.2, 0.25) is 0 Å². The average Bonchev–Trinajstić information content (AvgIpc) is 2.73. The smallest absolute Gasteiger partial charge is 0.339 e. The molecule has 0 fully saturated rings. The third-order valence-electron chi connectivity index (χ3n) is 3.88. The van der Waals surface area contributed by atoms with Gasteiger partial charge in [0.25, 0.3) is 5.91 Å². The summed E-state index contributed by atoms with van der Waals surface area (Å²) in [5.74, 6) is -1.78. The standard InChI is InChI=1S/C20H21N3O7/c1-3-29-17-10-9-15(11-16(17)23(27)28)19(25)30-13(2)18(24)22-20(26)21-12-14-7-5-4-6-8-14/h4-11,13H,3,12H2,1-2H3,(H2,21,22,24,26)/t13-/m1/s1. The van der Waals surface area contributed by atoms with Crippen LogP contribution in [0.5, 0.6) is 5.75 Å². The minimum Gasteiger partial charge on any atom is -0.487 e. The minimum atomic E-state index is -1.30. The van der Waals surface area contributed by atoms with Gasteiger partial charge < -0.3 is 14.8 Å². The van der Waals surface area contributed by atoms with Crippen molar-refractivity contribution in [2.24, 2.45) is 0 Å². The highest BCUT2D eigenvalue weighted by atomic mass is 16.6. The van der Waals surface area contributed by atoms with E-state index in [0.717, 1.165) is 11.6 Å². The Kier molecular flexibility index (Phi) is 7.86. The van der Waals surface area contributed by atoms with E-state index in [2.05, 4.69) is 10.6 Å². The Morgan fingerprint density at radius 3 is 2.47 bits per heavy atom. The SMILES string of the molecule is CCOc1ccc(C(=O)O[C@H](C)C(=O)NC(=O)NCc2ccccc2)cc1[N+](=O)[O-]. The molecule has 0 aliphatic carbocycles. The summed E-state index contributed by atoms with van der Waals surface area (Å²) in [7, 11) is 0. The van der Waals surface area contributed by atoms with Crippen molar-refractivity contribution < 1.29 is 28.8 Å². The zero-order valence-corrected chi connectivity index (χ0v) is 16.4. The van der Waals surface area contributed by atoms with Crippen molar-refractivity contribution >= 4 is 23.6 Å². The quantitative estimate of drug-likeness (QED) is 0.384. The van der Waals surface area contributed by atoms with Crippen LogP contribution in [0, 0.1) is 10.1 Å². The fraction of sp³-hybridized carbons (Fsp3) is 0.250. The number of nitro groups is 1. The Morgan fingerprint density at radius 2 is 1.83 bits per heavy atom. The molecule has 2 N–H and O–H groups in total. The summed E-state index contributed by atoms with van der Waals surface area (Å²) in [4.78, 5) is 46.6. The molecular weight excluding hydrogens is 394 g/mol. The molecule has 0 aliphatic rings. The van der Waals surface area contributed by atoms with E-state index in [4.69, 9.17) is 9.47 Å². The number of nitrogens with zero attached hydrogens (tertiary/aromatic N) is 1. The summed E-state index contributed by atoms with van der Waals surface area (Å²) in [6.07, 6.45) is -1.30. The first kappa shape index (κ1) is 22.3. The van der Waals surface area contributed by atoms with Gasteiger partial charge in [-0.3, -0.25) is 20.2 Å². The van der Waals surface area contributed by atoms with Crippen LogP contribution in [0.3, 0.4) is 0 Å². The number of imide groups is 1. The van der Waals surface area contributed by atoms with Gasteiger partial charge in [-0.1, -0.05) is 30.3 Å². The first-order valence-electron chi connectivity index (χ1n) is 9.06. The summed E-state index contributed by atoms with van der Waals surface area (Å²) in [5.41, 5.74) is 0.318. The summed E-state index contributed by atoms with van der Waals surface area (Å²) in [6.45, 7) is 3.38. The van der Waals surface area contributed by atoms with Gasteiger partial charge in [0.05, 0.1) is 17.1 Å². The molecule has 30 heavy (non-hydrogen) atoms. The summed E-state index contributed by atoms with van der Waals surface area (Å²) < 4.78 is 10.2. The molecule has 1 atom stereocenters. The second kappa shape index (κ2) is 10.6. The zero-order chi connectivity index (χ0) is 22.1. The molecule has 158 valence electrons. The molecule has 0 saturated heterocycles. The highest BCUT2D eigenvalue weighted by Gasteiger charge is 2.23. The Hall–Kier alpha value is -3.95. The molecule has 10 heteroatoms. The second-order valence-corrected chi connectivity index (χ2v) is 6.08. The van der Waals surface area contributed by atoms with Gasteiger partial charge in [0, 0.05) is 12.6 Å². The van der Waals surface area contributed by atoms with E-state index in [1.807, 2.05) is 30.3 Å². The van der Waals surface area contributed by atoms with E-state index >= 15 is 0 Å². The normalized spacial score (nSPS) is 11.1. The van der Waals surface area contributed by atoms with Crippen LogP contribution >= 0.6 is 0 Å². The number of esters is 1. The second-order valence-electron chi connectivity index (χ2n) is 6.08. The van der Waals surface area contributed by atoms with Gasteiger partial charge in [-0.15, -0.1) is 0 Å². The van der Waals surface area contributed by atoms with Gasteiger partial charge in [0.15, 0.2) is 11.9 Å². The van der Waals surface area contributed by atoms with Crippen LogP contribution in [-0.2, 0) is 16.1 Å². The van der Waals surface area contributed by atoms with Gasteiger partial charge in [-0.05, 0) is 31.5 Å². The number of amides is 3. The van der Waals surface area contributed by atoms with Crippen LogP contribution in [-0.4, -0.2) is 35.5 Å². The molecule has 0 radical (unpaired) electrons. The molecular formula is C20H21N3O7. The van der Waals surface area contributed by atoms with Crippen LogP contribution in [0.15, 0.2) is 48.5 Å². The van der Waals surface area contributed by atoms with Crippen molar-refractivity contribution in [3.05, 3.63) is 69.8 Å². The highest BCUT2D eigenvalue weighted by molar-refractivity contribution is 5.98. The third-order valence-corrected chi connectivity index (χ3v) is 3.88. The minimum absolute atomic E-state index is 0.0138. The Morgan fingerprint density at radius 1 is 1.13 bits per heavy atom. The number of benzene rings is 2. The van der Waals surface area contributed by atoms with E-state index < -0.39 is 34.6 Å². The predicted octanol–water partition coefficient (Wildman–Crippen LogP) is 2.56. The molecule has 3 amide bonds. The van der Waals surface area contributed by atoms with Gasteiger partial charge in [-0.25, -0.2) is 9.59 Å². The Balaban J connectivity index is 1.92. The lowest BCUT2D eigenvalue weighted by molar-refractivity contribution is -0.385.